The third-order valence-corrected chi connectivity index (χ3v) is 5.62. The van der Waals surface area contributed by atoms with Crippen molar-refractivity contribution in [2.45, 2.75) is 63.3 Å². The van der Waals surface area contributed by atoms with Gasteiger partial charge < -0.3 is 15.1 Å². The molecular formula is C19H23F2N5O2. The fourth-order valence-corrected chi connectivity index (χ4v) is 3.72. The SMILES string of the molecule is Cc1cnc(NC2CCC(F)(F)CC2)c(-c2nnc(C3(C)CCNC3=O)o2)c1. The third-order valence-electron chi connectivity index (χ3n) is 5.62. The molecule has 28 heavy (non-hydrogen) atoms. The number of halogens is 2. The van der Waals surface area contributed by atoms with E-state index in [0.717, 1.165) is 5.56 Å². The normalized spacial score (nSPS) is 24.9. The van der Waals surface area contributed by atoms with E-state index in [1.54, 1.807) is 13.1 Å². The van der Waals surface area contributed by atoms with Crippen LogP contribution < -0.4 is 10.6 Å². The molecule has 2 fully saturated rings. The molecular weight excluding hydrogens is 368 g/mol. The second kappa shape index (κ2) is 6.79. The van der Waals surface area contributed by atoms with E-state index >= 15 is 0 Å². The molecule has 1 aliphatic heterocycles. The lowest BCUT2D eigenvalue weighted by atomic mass is 9.89. The average molecular weight is 391 g/mol. The Kier molecular flexibility index (Phi) is 4.55. The predicted molar refractivity (Wildman–Crippen MR) is 98.1 cm³/mol. The number of anilines is 1. The van der Waals surface area contributed by atoms with Gasteiger partial charge in [0.1, 0.15) is 11.2 Å². The molecule has 9 heteroatoms. The predicted octanol–water partition coefficient (Wildman–Crippen LogP) is 3.21. The molecule has 1 saturated carbocycles. The fourth-order valence-electron chi connectivity index (χ4n) is 3.72. The lowest BCUT2D eigenvalue weighted by molar-refractivity contribution is -0.124. The van der Waals surface area contributed by atoms with E-state index < -0.39 is 11.3 Å². The van der Waals surface area contributed by atoms with Crippen LogP contribution in [0.4, 0.5) is 14.6 Å². The van der Waals surface area contributed by atoms with Crippen molar-refractivity contribution in [2.75, 3.05) is 11.9 Å². The molecule has 0 spiro atoms. The van der Waals surface area contributed by atoms with Crippen LogP contribution in [0.1, 0.15) is 50.5 Å². The van der Waals surface area contributed by atoms with Crippen LogP contribution >= 0.6 is 0 Å². The molecule has 0 bridgehead atoms. The van der Waals surface area contributed by atoms with Gasteiger partial charge >= 0.3 is 0 Å². The molecule has 0 aromatic carbocycles. The summed E-state index contributed by atoms with van der Waals surface area (Å²) < 4.78 is 32.7. The van der Waals surface area contributed by atoms with Crippen LogP contribution in [0.3, 0.4) is 0 Å². The number of nitrogens with zero attached hydrogens (tertiary/aromatic N) is 3. The summed E-state index contributed by atoms with van der Waals surface area (Å²) in [6.45, 7) is 4.24. The Hall–Kier alpha value is -2.58. The zero-order valence-electron chi connectivity index (χ0n) is 15.9. The number of rotatable bonds is 4. The first kappa shape index (κ1) is 18.8. The topological polar surface area (TPSA) is 92.9 Å². The number of aryl methyl sites for hydroxylation is 1. The van der Waals surface area contributed by atoms with E-state index in [-0.39, 0.29) is 36.6 Å². The molecule has 4 rings (SSSR count). The van der Waals surface area contributed by atoms with Crippen LogP contribution in [-0.2, 0) is 10.2 Å². The Morgan fingerprint density at radius 1 is 1.25 bits per heavy atom. The minimum atomic E-state index is -2.58. The molecule has 2 aliphatic rings. The number of carbonyl (C=O) groups is 1. The third kappa shape index (κ3) is 3.45. The van der Waals surface area contributed by atoms with Crippen LogP contribution in [0.25, 0.3) is 11.5 Å². The molecule has 150 valence electrons. The largest absolute Gasteiger partial charge is 0.419 e. The van der Waals surface area contributed by atoms with E-state index in [2.05, 4.69) is 25.8 Å². The second-order valence-electron chi connectivity index (χ2n) is 7.93. The highest BCUT2D eigenvalue weighted by Gasteiger charge is 2.44. The monoisotopic (exact) mass is 391 g/mol. The van der Waals surface area contributed by atoms with Gasteiger partial charge in [-0.05, 0) is 44.7 Å². The molecule has 0 radical (unpaired) electrons. The Morgan fingerprint density at radius 2 is 2.00 bits per heavy atom. The maximum Gasteiger partial charge on any atom is 0.251 e. The molecule has 1 saturated heterocycles. The lowest BCUT2D eigenvalue weighted by Gasteiger charge is -2.29. The Morgan fingerprint density at radius 3 is 2.68 bits per heavy atom. The van der Waals surface area contributed by atoms with Crippen molar-refractivity contribution in [2.24, 2.45) is 0 Å². The summed E-state index contributed by atoms with van der Waals surface area (Å²) >= 11 is 0. The Balaban J connectivity index is 1.60. The molecule has 1 unspecified atom stereocenters. The zero-order valence-corrected chi connectivity index (χ0v) is 15.9. The number of nitrogens with one attached hydrogen (secondary N) is 2. The average Bonchev–Trinajstić information content (AvgIpc) is 3.27. The smallest absolute Gasteiger partial charge is 0.251 e. The highest BCUT2D eigenvalue weighted by Crippen LogP contribution is 2.37. The molecule has 2 aromatic heterocycles. The number of amides is 1. The summed E-state index contributed by atoms with van der Waals surface area (Å²) in [7, 11) is 0. The number of aromatic nitrogens is 3. The van der Waals surface area contributed by atoms with Gasteiger partial charge in [0.15, 0.2) is 0 Å². The van der Waals surface area contributed by atoms with Crippen molar-refractivity contribution in [3.05, 3.63) is 23.7 Å². The summed E-state index contributed by atoms with van der Waals surface area (Å²) in [6.07, 6.45) is 2.76. The Labute approximate surface area is 161 Å². The number of carbonyl (C=O) groups excluding carboxylic acids is 1. The first-order chi connectivity index (χ1) is 13.3. The van der Waals surface area contributed by atoms with E-state index in [1.807, 2.05) is 13.0 Å². The van der Waals surface area contributed by atoms with Crippen molar-refractivity contribution in [3.8, 4) is 11.5 Å². The first-order valence-corrected chi connectivity index (χ1v) is 9.50. The van der Waals surface area contributed by atoms with Gasteiger partial charge in [-0.3, -0.25) is 4.79 Å². The van der Waals surface area contributed by atoms with Crippen molar-refractivity contribution >= 4 is 11.7 Å². The number of hydrogen-bond donors (Lipinski definition) is 2. The van der Waals surface area contributed by atoms with Gasteiger partial charge in [0.25, 0.3) is 5.89 Å². The second-order valence-corrected chi connectivity index (χ2v) is 7.93. The first-order valence-electron chi connectivity index (χ1n) is 9.50. The van der Waals surface area contributed by atoms with Crippen LogP contribution in [0.5, 0.6) is 0 Å². The minimum Gasteiger partial charge on any atom is -0.419 e. The standard InChI is InChI=1S/C19H23F2N5O2/c1-11-9-13(14(23-10-11)24-12-3-5-19(20,21)6-4-12)15-25-26-17(28-15)18(2)7-8-22-16(18)27/h9-10,12H,3-8H2,1-2H3,(H,22,27)(H,23,24). The Bertz CT molecular complexity index is 890. The summed E-state index contributed by atoms with van der Waals surface area (Å²) in [5, 5.41) is 14.3. The van der Waals surface area contributed by atoms with Gasteiger partial charge in [0, 0.05) is 31.6 Å². The molecule has 1 amide bonds. The summed E-state index contributed by atoms with van der Waals surface area (Å²) in [4.78, 5) is 16.6. The van der Waals surface area contributed by atoms with E-state index in [0.29, 0.717) is 37.2 Å². The van der Waals surface area contributed by atoms with Gasteiger partial charge in [-0.2, -0.15) is 0 Å². The van der Waals surface area contributed by atoms with Gasteiger partial charge in [-0.15, -0.1) is 10.2 Å². The maximum atomic E-state index is 13.4. The molecule has 2 aromatic rings. The molecule has 1 aliphatic carbocycles. The van der Waals surface area contributed by atoms with Crippen LogP contribution in [0.15, 0.2) is 16.7 Å². The van der Waals surface area contributed by atoms with Gasteiger partial charge in [0.2, 0.25) is 17.7 Å². The molecule has 1 atom stereocenters. The van der Waals surface area contributed by atoms with Crippen LogP contribution in [0, 0.1) is 6.92 Å². The highest BCUT2D eigenvalue weighted by atomic mass is 19.3. The van der Waals surface area contributed by atoms with Crippen molar-refractivity contribution < 1.29 is 18.0 Å². The van der Waals surface area contributed by atoms with Gasteiger partial charge in [-0.25, -0.2) is 13.8 Å². The summed E-state index contributed by atoms with van der Waals surface area (Å²) in [6, 6.07) is 1.77. The van der Waals surface area contributed by atoms with E-state index in [4.69, 9.17) is 4.42 Å². The van der Waals surface area contributed by atoms with Crippen molar-refractivity contribution in [1.29, 1.82) is 0 Å². The van der Waals surface area contributed by atoms with Crippen LogP contribution in [0.2, 0.25) is 0 Å². The van der Waals surface area contributed by atoms with Crippen LogP contribution in [-0.4, -0.2) is 39.6 Å². The number of alkyl halides is 2. The lowest BCUT2D eigenvalue weighted by Crippen LogP contribution is -2.32. The van der Waals surface area contributed by atoms with Gasteiger partial charge in [-0.1, -0.05) is 0 Å². The fraction of sp³-hybridized carbons (Fsp3) is 0.579. The molecule has 2 N–H and O–H groups in total. The van der Waals surface area contributed by atoms with E-state index in [9.17, 15) is 13.6 Å². The minimum absolute atomic E-state index is 0.0888. The van der Waals surface area contributed by atoms with Crippen molar-refractivity contribution in [3.63, 3.8) is 0 Å². The van der Waals surface area contributed by atoms with E-state index in [1.165, 1.54) is 0 Å². The molecule has 7 nitrogen and oxygen atoms in total. The highest BCUT2D eigenvalue weighted by molar-refractivity contribution is 5.88. The summed E-state index contributed by atoms with van der Waals surface area (Å²) in [5.41, 5.74) is 0.670. The number of pyridine rings is 1. The zero-order chi connectivity index (χ0) is 19.9. The quantitative estimate of drug-likeness (QED) is 0.831. The maximum absolute atomic E-state index is 13.4. The summed E-state index contributed by atoms with van der Waals surface area (Å²) in [5.74, 6) is -1.66. The number of hydrogen-bond acceptors (Lipinski definition) is 6. The van der Waals surface area contributed by atoms with Crippen molar-refractivity contribution in [1.82, 2.24) is 20.5 Å². The van der Waals surface area contributed by atoms with Gasteiger partial charge in [0.05, 0.1) is 5.56 Å². The molecule has 3 heterocycles.